The summed E-state index contributed by atoms with van der Waals surface area (Å²) in [5, 5.41) is 0. The van der Waals surface area contributed by atoms with Crippen molar-refractivity contribution in [3.8, 4) is 16.9 Å². The number of benzene rings is 2. The molecule has 2 rings (SSSR count). The van der Waals surface area contributed by atoms with Crippen molar-refractivity contribution in [3.63, 3.8) is 0 Å². The third-order valence-electron chi connectivity index (χ3n) is 4.02. The molecule has 148 valence electrons. The van der Waals surface area contributed by atoms with E-state index in [-0.39, 0.29) is 0 Å². The van der Waals surface area contributed by atoms with Crippen LogP contribution in [0.1, 0.15) is 27.2 Å². The van der Waals surface area contributed by atoms with E-state index in [9.17, 15) is 0 Å². The monoisotopic (exact) mass is 452 g/mol. The highest BCUT2D eigenvalue weighted by atomic mass is 79.9. The first-order chi connectivity index (χ1) is 13.2. The van der Waals surface area contributed by atoms with Crippen LogP contribution in [0, 0.1) is 0 Å². The van der Waals surface area contributed by atoms with E-state index in [4.69, 9.17) is 18.0 Å². The Labute approximate surface area is 172 Å². The molecule has 2 aromatic rings. The van der Waals surface area contributed by atoms with E-state index in [1.807, 2.05) is 51.1 Å². The third-order valence-corrected chi connectivity index (χ3v) is 7.79. The van der Waals surface area contributed by atoms with E-state index in [1.54, 1.807) is 0 Å². The van der Waals surface area contributed by atoms with Crippen LogP contribution in [0.15, 0.2) is 53.0 Å². The molecule has 0 radical (unpaired) electrons. The predicted molar refractivity (Wildman–Crippen MR) is 115 cm³/mol. The van der Waals surface area contributed by atoms with Gasteiger partial charge in [0.05, 0.1) is 11.1 Å². The Morgan fingerprint density at radius 2 is 1.44 bits per heavy atom. The predicted octanol–water partition coefficient (Wildman–Crippen LogP) is 5.93. The number of ether oxygens (including phenoxy) is 1. The van der Waals surface area contributed by atoms with Gasteiger partial charge in [-0.3, -0.25) is 0 Å². The Hall–Kier alpha value is -1.18. The maximum Gasteiger partial charge on any atom is 0.501 e. The highest BCUT2D eigenvalue weighted by molar-refractivity contribution is 9.10. The summed E-state index contributed by atoms with van der Waals surface area (Å²) in [5.41, 5.74) is 2.21. The minimum absolute atomic E-state index is 0.574. The van der Waals surface area contributed by atoms with Gasteiger partial charge in [-0.1, -0.05) is 42.5 Å². The minimum Gasteiger partial charge on any atom is -0.492 e. The molecule has 0 unspecified atom stereocenters. The zero-order chi connectivity index (χ0) is 19.5. The first-order valence-electron chi connectivity index (χ1n) is 9.54. The van der Waals surface area contributed by atoms with Crippen LogP contribution < -0.4 is 4.74 Å². The first-order valence-corrected chi connectivity index (χ1v) is 12.3. The fourth-order valence-corrected chi connectivity index (χ4v) is 6.03. The van der Waals surface area contributed by atoms with Gasteiger partial charge in [0.15, 0.2) is 0 Å². The Morgan fingerprint density at radius 3 is 2.04 bits per heavy atom. The number of rotatable bonds is 12. The molecule has 0 bridgehead atoms. The van der Waals surface area contributed by atoms with Gasteiger partial charge in [0.2, 0.25) is 0 Å². The molecule has 0 saturated heterocycles. The molecule has 0 spiro atoms. The molecule has 0 aromatic heterocycles. The van der Waals surface area contributed by atoms with Crippen LogP contribution in [-0.2, 0) is 13.3 Å². The maximum atomic E-state index is 6.16. The Morgan fingerprint density at radius 1 is 0.815 bits per heavy atom. The summed E-state index contributed by atoms with van der Waals surface area (Å²) < 4.78 is 24.8. The Kier molecular flexibility index (Phi) is 9.51. The molecule has 0 N–H and O–H groups in total. The van der Waals surface area contributed by atoms with Crippen molar-refractivity contribution in [1.29, 1.82) is 0 Å². The van der Waals surface area contributed by atoms with E-state index < -0.39 is 8.80 Å². The van der Waals surface area contributed by atoms with Crippen molar-refractivity contribution in [3.05, 3.63) is 53.0 Å². The van der Waals surface area contributed by atoms with E-state index >= 15 is 0 Å². The smallest absolute Gasteiger partial charge is 0.492 e. The van der Waals surface area contributed by atoms with Crippen molar-refractivity contribution in [2.45, 2.75) is 33.2 Å². The summed E-state index contributed by atoms with van der Waals surface area (Å²) in [7, 11) is -2.62. The largest absolute Gasteiger partial charge is 0.501 e. The molecule has 0 aliphatic carbocycles. The van der Waals surface area contributed by atoms with E-state index in [0.717, 1.165) is 33.8 Å². The second kappa shape index (κ2) is 11.6. The number of hydrogen-bond acceptors (Lipinski definition) is 4. The van der Waals surface area contributed by atoms with Crippen LogP contribution in [0.5, 0.6) is 5.75 Å². The van der Waals surface area contributed by atoms with Gasteiger partial charge in [-0.25, -0.2) is 0 Å². The number of halogens is 1. The average Bonchev–Trinajstić information content (AvgIpc) is 2.67. The summed E-state index contributed by atoms with van der Waals surface area (Å²) in [4.78, 5) is 0. The molecule has 0 fully saturated rings. The minimum atomic E-state index is -2.62. The normalized spacial score (nSPS) is 11.6. The standard InChI is InChI=1S/C21H29BrO4Si/c1-4-24-27(25-5-2,26-6-3)17-11-16-23-21-19(14-10-15-20(21)22)18-12-8-7-9-13-18/h7-10,12-15H,4-6,11,16-17H2,1-3H3. The zero-order valence-electron chi connectivity index (χ0n) is 16.4. The third kappa shape index (κ3) is 6.43. The van der Waals surface area contributed by atoms with Gasteiger partial charge >= 0.3 is 8.80 Å². The van der Waals surface area contributed by atoms with E-state index in [2.05, 4.69) is 34.1 Å². The van der Waals surface area contributed by atoms with E-state index in [0.29, 0.717) is 26.4 Å². The lowest BCUT2D eigenvalue weighted by Gasteiger charge is -2.28. The van der Waals surface area contributed by atoms with Gasteiger partial charge in [0, 0.05) is 31.4 Å². The first kappa shape index (κ1) is 22.1. The van der Waals surface area contributed by atoms with Crippen LogP contribution in [0.25, 0.3) is 11.1 Å². The molecular formula is C21H29BrO4Si. The summed E-state index contributed by atoms with van der Waals surface area (Å²) in [5.74, 6) is 0.861. The summed E-state index contributed by atoms with van der Waals surface area (Å²) in [6.07, 6.45) is 0.807. The van der Waals surface area contributed by atoms with Gasteiger partial charge in [0.1, 0.15) is 5.75 Å². The van der Waals surface area contributed by atoms with Gasteiger partial charge in [0.25, 0.3) is 0 Å². The van der Waals surface area contributed by atoms with Crippen molar-refractivity contribution < 1.29 is 18.0 Å². The summed E-state index contributed by atoms with van der Waals surface area (Å²) in [6.45, 7) is 8.28. The summed E-state index contributed by atoms with van der Waals surface area (Å²) in [6, 6.07) is 17.1. The number of para-hydroxylation sites is 1. The maximum absolute atomic E-state index is 6.16. The average molecular weight is 453 g/mol. The highest BCUT2D eigenvalue weighted by Crippen LogP contribution is 2.36. The van der Waals surface area contributed by atoms with Crippen LogP contribution in [-0.4, -0.2) is 35.2 Å². The fourth-order valence-electron chi connectivity index (χ4n) is 2.96. The Bertz CT molecular complexity index is 664. The fraction of sp³-hybridized carbons (Fsp3) is 0.429. The molecule has 0 heterocycles. The molecular weight excluding hydrogens is 424 g/mol. The molecule has 0 aliphatic heterocycles. The van der Waals surface area contributed by atoms with Crippen LogP contribution in [0.2, 0.25) is 6.04 Å². The summed E-state index contributed by atoms with van der Waals surface area (Å²) >= 11 is 3.62. The van der Waals surface area contributed by atoms with Gasteiger partial charge in [-0.05, 0) is 54.8 Å². The SMILES string of the molecule is CCO[Si](CCCOc1c(Br)cccc1-c1ccccc1)(OCC)OCC. The molecule has 0 amide bonds. The van der Waals surface area contributed by atoms with Gasteiger partial charge in [-0.15, -0.1) is 0 Å². The molecule has 4 nitrogen and oxygen atoms in total. The van der Waals surface area contributed by atoms with Gasteiger partial charge < -0.3 is 18.0 Å². The van der Waals surface area contributed by atoms with Crippen molar-refractivity contribution >= 4 is 24.7 Å². The van der Waals surface area contributed by atoms with Crippen molar-refractivity contribution in [1.82, 2.24) is 0 Å². The van der Waals surface area contributed by atoms with Crippen molar-refractivity contribution in [2.75, 3.05) is 26.4 Å². The van der Waals surface area contributed by atoms with E-state index in [1.165, 1.54) is 0 Å². The molecule has 27 heavy (non-hydrogen) atoms. The second-order valence-corrected chi connectivity index (χ2v) is 9.50. The van der Waals surface area contributed by atoms with Gasteiger partial charge in [-0.2, -0.15) is 0 Å². The Balaban J connectivity index is 2.04. The van der Waals surface area contributed by atoms with Crippen LogP contribution in [0.4, 0.5) is 0 Å². The van der Waals surface area contributed by atoms with Crippen LogP contribution >= 0.6 is 15.9 Å². The van der Waals surface area contributed by atoms with Crippen molar-refractivity contribution in [2.24, 2.45) is 0 Å². The molecule has 6 heteroatoms. The number of hydrogen-bond donors (Lipinski definition) is 0. The van der Waals surface area contributed by atoms with Crippen LogP contribution in [0.3, 0.4) is 0 Å². The lowest BCUT2D eigenvalue weighted by Crippen LogP contribution is -2.46. The quantitative estimate of drug-likeness (QED) is 0.295. The lowest BCUT2D eigenvalue weighted by atomic mass is 10.1. The second-order valence-electron chi connectivity index (χ2n) is 5.92. The lowest BCUT2D eigenvalue weighted by molar-refractivity contribution is 0.0696. The zero-order valence-corrected chi connectivity index (χ0v) is 19.0. The topological polar surface area (TPSA) is 36.9 Å². The molecule has 0 aliphatic rings. The highest BCUT2D eigenvalue weighted by Gasteiger charge is 2.39. The molecule has 0 atom stereocenters. The molecule has 0 saturated carbocycles. The molecule has 2 aromatic carbocycles.